The molecule has 0 aliphatic rings. The van der Waals surface area contributed by atoms with Gasteiger partial charge in [-0.25, -0.2) is 0 Å². The monoisotopic (exact) mass is 411 g/mol. The Morgan fingerprint density at radius 3 is 2.57 bits per heavy atom. The first-order chi connectivity index (χ1) is 9.93. The molecule has 0 radical (unpaired) electrons. The number of carbonyl (C=O) groups excluding carboxylic acids is 1. The minimum Gasteiger partial charge on any atom is -0.508 e. The van der Waals surface area contributed by atoms with Crippen molar-refractivity contribution in [2.45, 2.75) is 13.8 Å². The summed E-state index contributed by atoms with van der Waals surface area (Å²) >= 11 is 6.80. The molecule has 21 heavy (non-hydrogen) atoms. The minimum atomic E-state index is -0.112. The van der Waals surface area contributed by atoms with Crippen LogP contribution in [0.3, 0.4) is 0 Å². The minimum absolute atomic E-state index is 0.112. The maximum absolute atomic E-state index is 12.8. The molecule has 0 aromatic heterocycles. The van der Waals surface area contributed by atoms with Gasteiger partial charge >= 0.3 is 0 Å². The Kier molecular flexibility index (Phi) is 5.06. The van der Waals surface area contributed by atoms with Crippen molar-refractivity contribution in [1.82, 2.24) is 0 Å². The molecule has 0 aliphatic heterocycles. The van der Waals surface area contributed by atoms with Gasteiger partial charge in [-0.1, -0.05) is 22.0 Å². The highest BCUT2D eigenvalue weighted by Gasteiger charge is 2.20. The molecule has 1 N–H and O–H groups in total. The van der Waals surface area contributed by atoms with Gasteiger partial charge in [-0.15, -0.1) is 0 Å². The third kappa shape index (κ3) is 3.47. The fourth-order valence-electron chi connectivity index (χ4n) is 2.12. The lowest BCUT2D eigenvalue weighted by atomic mass is 10.1. The summed E-state index contributed by atoms with van der Waals surface area (Å²) < 4.78 is 1.59. The van der Waals surface area contributed by atoms with Crippen LogP contribution in [-0.2, 0) is 0 Å². The van der Waals surface area contributed by atoms with Crippen molar-refractivity contribution in [3.63, 3.8) is 0 Å². The van der Waals surface area contributed by atoms with E-state index < -0.39 is 0 Å². The molecular formula is C16H15Br2NO2. The molecule has 1 amide bonds. The number of amides is 1. The molecule has 110 valence electrons. The van der Waals surface area contributed by atoms with E-state index in [2.05, 4.69) is 31.9 Å². The van der Waals surface area contributed by atoms with Crippen LogP contribution in [0.5, 0.6) is 5.75 Å². The highest BCUT2D eigenvalue weighted by atomic mass is 79.9. The summed E-state index contributed by atoms with van der Waals surface area (Å²) in [4.78, 5) is 14.5. The smallest absolute Gasteiger partial charge is 0.259 e. The summed E-state index contributed by atoms with van der Waals surface area (Å²) in [6.45, 7) is 4.34. The number of anilines is 1. The van der Waals surface area contributed by atoms with Gasteiger partial charge in [0.2, 0.25) is 0 Å². The standard InChI is InChI=1S/C16H15Br2NO2/c1-3-19(15-9-12(20)6-4-10(15)2)16(21)13-8-11(17)5-7-14(13)18/h4-9,20H,3H2,1-2H3. The van der Waals surface area contributed by atoms with Crippen LogP contribution in [0.2, 0.25) is 0 Å². The van der Waals surface area contributed by atoms with Gasteiger partial charge in [0.1, 0.15) is 5.75 Å². The summed E-state index contributed by atoms with van der Waals surface area (Å²) in [5, 5.41) is 9.68. The van der Waals surface area contributed by atoms with E-state index in [9.17, 15) is 9.90 Å². The van der Waals surface area contributed by atoms with Crippen LogP contribution in [0.15, 0.2) is 45.3 Å². The number of rotatable bonds is 3. The maximum atomic E-state index is 12.8. The highest BCUT2D eigenvalue weighted by molar-refractivity contribution is 9.11. The molecule has 2 aromatic rings. The third-order valence-electron chi connectivity index (χ3n) is 3.20. The first kappa shape index (κ1) is 16.0. The molecule has 2 rings (SSSR count). The van der Waals surface area contributed by atoms with Crippen molar-refractivity contribution in [2.75, 3.05) is 11.4 Å². The van der Waals surface area contributed by atoms with Gasteiger partial charge in [0.15, 0.2) is 0 Å². The number of benzene rings is 2. The predicted octanol–water partition coefficient (Wildman–Crippen LogP) is 4.89. The normalized spacial score (nSPS) is 10.5. The van der Waals surface area contributed by atoms with Crippen LogP contribution in [0.25, 0.3) is 0 Å². The van der Waals surface area contributed by atoms with Crippen LogP contribution in [0.4, 0.5) is 5.69 Å². The lowest BCUT2D eigenvalue weighted by molar-refractivity contribution is 0.0987. The van der Waals surface area contributed by atoms with E-state index >= 15 is 0 Å². The molecule has 0 saturated carbocycles. The molecule has 0 heterocycles. The topological polar surface area (TPSA) is 40.5 Å². The van der Waals surface area contributed by atoms with Gasteiger partial charge in [0, 0.05) is 21.6 Å². The van der Waals surface area contributed by atoms with Crippen molar-refractivity contribution in [3.8, 4) is 5.75 Å². The van der Waals surface area contributed by atoms with Crippen LogP contribution in [0.1, 0.15) is 22.8 Å². The van der Waals surface area contributed by atoms with Crippen molar-refractivity contribution >= 4 is 43.5 Å². The predicted molar refractivity (Wildman–Crippen MR) is 92.0 cm³/mol. The number of phenolic OH excluding ortho intramolecular Hbond substituents is 1. The Balaban J connectivity index is 2.48. The molecule has 3 nitrogen and oxygen atoms in total. The second-order valence-corrected chi connectivity index (χ2v) is 6.41. The highest BCUT2D eigenvalue weighted by Crippen LogP contribution is 2.29. The second-order valence-electron chi connectivity index (χ2n) is 4.64. The van der Waals surface area contributed by atoms with Gasteiger partial charge in [-0.05, 0) is 59.6 Å². The summed E-state index contributed by atoms with van der Waals surface area (Å²) in [6.07, 6.45) is 0. The van der Waals surface area contributed by atoms with Gasteiger partial charge in [0.05, 0.1) is 11.3 Å². The number of aryl methyl sites for hydroxylation is 1. The number of carbonyl (C=O) groups is 1. The Morgan fingerprint density at radius 1 is 1.19 bits per heavy atom. The molecule has 0 saturated heterocycles. The van der Waals surface area contributed by atoms with E-state index in [0.717, 1.165) is 20.2 Å². The molecular weight excluding hydrogens is 398 g/mol. The largest absolute Gasteiger partial charge is 0.508 e. The summed E-state index contributed by atoms with van der Waals surface area (Å²) in [7, 11) is 0. The van der Waals surface area contributed by atoms with Gasteiger partial charge in [-0.3, -0.25) is 4.79 Å². The number of hydrogen-bond acceptors (Lipinski definition) is 2. The second kappa shape index (κ2) is 6.62. The fourth-order valence-corrected chi connectivity index (χ4v) is 2.90. The quantitative estimate of drug-likeness (QED) is 0.779. The SMILES string of the molecule is CCN(C(=O)c1cc(Br)ccc1Br)c1cc(O)ccc1C. The van der Waals surface area contributed by atoms with E-state index in [4.69, 9.17) is 0 Å². The first-order valence-electron chi connectivity index (χ1n) is 6.50. The van der Waals surface area contributed by atoms with Crippen molar-refractivity contribution in [1.29, 1.82) is 0 Å². The zero-order valence-corrected chi connectivity index (χ0v) is 14.9. The van der Waals surface area contributed by atoms with E-state index in [-0.39, 0.29) is 11.7 Å². The summed E-state index contributed by atoms with van der Waals surface area (Å²) in [5.41, 5.74) is 2.23. The average molecular weight is 413 g/mol. The Morgan fingerprint density at radius 2 is 1.90 bits per heavy atom. The molecule has 5 heteroatoms. The lowest BCUT2D eigenvalue weighted by Gasteiger charge is -2.24. The van der Waals surface area contributed by atoms with Crippen LogP contribution in [-0.4, -0.2) is 17.6 Å². The van der Waals surface area contributed by atoms with E-state index in [1.807, 2.05) is 26.0 Å². The number of halogens is 2. The van der Waals surface area contributed by atoms with Crippen molar-refractivity contribution in [2.24, 2.45) is 0 Å². The van der Waals surface area contributed by atoms with Gasteiger partial charge in [-0.2, -0.15) is 0 Å². The zero-order chi connectivity index (χ0) is 15.6. The zero-order valence-electron chi connectivity index (χ0n) is 11.7. The summed E-state index contributed by atoms with van der Waals surface area (Å²) in [6, 6.07) is 10.5. The molecule has 0 aliphatic carbocycles. The molecule has 0 spiro atoms. The Labute approximate surface area is 140 Å². The number of aromatic hydroxyl groups is 1. The number of hydrogen-bond donors (Lipinski definition) is 1. The maximum Gasteiger partial charge on any atom is 0.259 e. The molecule has 0 atom stereocenters. The molecule has 0 bridgehead atoms. The van der Waals surface area contributed by atoms with E-state index in [1.165, 1.54) is 0 Å². The lowest BCUT2D eigenvalue weighted by Crippen LogP contribution is -2.31. The van der Waals surface area contributed by atoms with E-state index in [0.29, 0.717) is 12.1 Å². The average Bonchev–Trinajstić information content (AvgIpc) is 2.46. The summed E-state index contributed by atoms with van der Waals surface area (Å²) in [5.74, 6) is 0.0366. The number of nitrogens with zero attached hydrogens (tertiary/aromatic N) is 1. The Bertz CT molecular complexity index is 686. The van der Waals surface area contributed by atoms with Crippen LogP contribution >= 0.6 is 31.9 Å². The van der Waals surface area contributed by atoms with Gasteiger partial charge < -0.3 is 10.0 Å². The van der Waals surface area contributed by atoms with Crippen molar-refractivity contribution < 1.29 is 9.90 Å². The molecule has 0 unspecified atom stereocenters. The number of phenols is 1. The molecule has 0 fully saturated rings. The third-order valence-corrected chi connectivity index (χ3v) is 4.39. The molecule has 2 aromatic carbocycles. The van der Waals surface area contributed by atoms with E-state index in [1.54, 1.807) is 29.2 Å². The Hall–Kier alpha value is -1.33. The van der Waals surface area contributed by atoms with Gasteiger partial charge in [0.25, 0.3) is 5.91 Å². The van der Waals surface area contributed by atoms with Crippen LogP contribution < -0.4 is 4.90 Å². The van der Waals surface area contributed by atoms with Crippen molar-refractivity contribution in [3.05, 3.63) is 56.5 Å². The fraction of sp³-hybridized carbons (Fsp3) is 0.188. The van der Waals surface area contributed by atoms with Crippen LogP contribution in [0, 0.1) is 6.92 Å². The first-order valence-corrected chi connectivity index (χ1v) is 8.09.